The summed E-state index contributed by atoms with van der Waals surface area (Å²) in [5.41, 5.74) is 2.24. The molecule has 1 heterocycles. The molecule has 0 aliphatic heterocycles. The van der Waals surface area contributed by atoms with Crippen LogP contribution in [0.2, 0.25) is 0 Å². The summed E-state index contributed by atoms with van der Waals surface area (Å²) in [6.07, 6.45) is 1.92. The summed E-state index contributed by atoms with van der Waals surface area (Å²) in [6, 6.07) is 13.9. The minimum Gasteiger partial charge on any atom is -0.493 e. The van der Waals surface area contributed by atoms with Crippen LogP contribution >= 0.6 is 0 Å². The van der Waals surface area contributed by atoms with Crippen LogP contribution in [0.4, 0.5) is 0 Å². The van der Waals surface area contributed by atoms with Gasteiger partial charge in [-0.05, 0) is 48.9 Å². The monoisotopic (exact) mass is 297 g/mol. The van der Waals surface area contributed by atoms with Crippen molar-refractivity contribution in [1.29, 1.82) is 0 Å². The SMILES string of the molecule is COc1cc(C)ccc1OCCOc1ccc2[nH]ccc2c1. The Morgan fingerprint density at radius 1 is 0.909 bits per heavy atom. The highest BCUT2D eigenvalue weighted by Gasteiger charge is 2.04. The van der Waals surface area contributed by atoms with Gasteiger partial charge in [-0.25, -0.2) is 0 Å². The van der Waals surface area contributed by atoms with E-state index in [1.165, 1.54) is 0 Å². The molecule has 0 amide bonds. The number of methoxy groups -OCH3 is 1. The molecule has 1 N–H and O–H groups in total. The fourth-order valence-electron chi connectivity index (χ4n) is 2.33. The van der Waals surface area contributed by atoms with Crippen LogP contribution in [0.25, 0.3) is 10.9 Å². The van der Waals surface area contributed by atoms with E-state index < -0.39 is 0 Å². The van der Waals surface area contributed by atoms with Gasteiger partial charge in [-0.1, -0.05) is 6.07 Å². The van der Waals surface area contributed by atoms with Gasteiger partial charge in [0.05, 0.1) is 7.11 Å². The van der Waals surface area contributed by atoms with Crippen LogP contribution in [0.1, 0.15) is 5.56 Å². The van der Waals surface area contributed by atoms with E-state index >= 15 is 0 Å². The predicted molar refractivity (Wildman–Crippen MR) is 87.0 cm³/mol. The Kier molecular flexibility index (Phi) is 4.19. The number of ether oxygens (including phenoxy) is 3. The van der Waals surface area contributed by atoms with E-state index in [1.807, 2.05) is 55.6 Å². The molecule has 3 aromatic rings. The largest absolute Gasteiger partial charge is 0.493 e. The highest BCUT2D eigenvalue weighted by molar-refractivity contribution is 5.80. The number of aromatic nitrogens is 1. The van der Waals surface area contributed by atoms with E-state index in [1.54, 1.807) is 7.11 Å². The minimum absolute atomic E-state index is 0.463. The number of aromatic amines is 1. The Labute approximate surface area is 129 Å². The molecule has 0 fully saturated rings. The first kappa shape index (κ1) is 14.3. The second-order valence-electron chi connectivity index (χ2n) is 5.08. The van der Waals surface area contributed by atoms with E-state index in [2.05, 4.69) is 4.98 Å². The summed E-state index contributed by atoms with van der Waals surface area (Å²) >= 11 is 0. The quantitative estimate of drug-likeness (QED) is 0.701. The molecule has 1 aromatic heterocycles. The molecule has 4 heteroatoms. The van der Waals surface area contributed by atoms with Crippen LogP contribution in [-0.2, 0) is 0 Å². The number of hydrogen-bond acceptors (Lipinski definition) is 3. The zero-order valence-corrected chi connectivity index (χ0v) is 12.8. The van der Waals surface area contributed by atoms with Gasteiger partial charge in [0.15, 0.2) is 11.5 Å². The topological polar surface area (TPSA) is 43.5 Å². The van der Waals surface area contributed by atoms with Crippen LogP contribution in [0.5, 0.6) is 17.2 Å². The number of aryl methyl sites for hydroxylation is 1. The molecule has 0 radical (unpaired) electrons. The van der Waals surface area contributed by atoms with Crippen molar-refractivity contribution in [3.63, 3.8) is 0 Å². The molecule has 0 spiro atoms. The van der Waals surface area contributed by atoms with Crippen molar-refractivity contribution in [2.45, 2.75) is 6.92 Å². The number of nitrogens with one attached hydrogen (secondary N) is 1. The van der Waals surface area contributed by atoms with Gasteiger partial charge in [0.1, 0.15) is 19.0 Å². The summed E-state index contributed by atoms with van der Waals surface area (Å²) in [6.45, 7) is 2.96. The van der Waals surface area contributed by atoms with Crippen molar-refractivity contribution >= 4 is 10.9 Å². The van der Waals surface area contributed by atoms with Crippen molar-refractivity contribution in [3.05, 3.63) is 54.2 Å². The molecule has 0 aliphatic carbocycles. The zero-order chi connectivity index (χ0) is 15.4. The van der Waals surface area contributed by atoms with Crippen LogP contribution in [0.15, 0.2) is 48.7 Å². The van der Waals surface area contributed by atoms with Gasteiger partial charge in [-0.2, -0.15) is 0 Å². The third-order valence-electron chi connectivity index (χ3n) is 3.45. The lowest BCUT2D eigenvalue weighted by atomic mass is 10.2. The lowest BCUT2D eigenvalue weighted by Crippen LogP contribution is -2.09. The van der Waals surface area contributed by atoms with Gasteiger partial charge in [0, 0.05) is 17.1 Å². The average Bonchev–Trinajstić information content (AvgIpc) is 3.00. The molecule has 3 rings (SSSR count). The molecule has 114 valence electrons. The molecule has 4 nitrogen and oxygen atoms in total. The summed E-state index contributed by atoms with van der Waals surface area (Å²) in [7, 11) is 1.64. The smallest absolute Gasteiger partial charge is 0.161 e. The van der Waals surface area contributed by atoms with Crippen LogP contribution in [0, 0.1) is 6.92 Å². The molecule has 0 unspecified atom stereocenters. The standard InChI is InChI=1S/C18H19NO3/c1-13-3-6-17(18(11-13)20-2)22-10-9-21-15-4-5-16-14(12-15)7-8-19-16/h3-8,11-12,19H,9-10H2,1-2H3. The first-order valence-electron chi connectivity index (χ1n) is 7.23. The van der Waals surface area contributed by atoms with Gasteiger partial charge >= 0.3 is 0 Å². The molecule has 0 atom stereocenters. The molecule has 0 saturated carbocycles. The van der Waals surface area contributed by atoms with E-state index in [-0.39, 0.29) is 0 Å². The maximum absolute atomic E-state index is 5.72. The Bertz CT molecular complexity index is 764. The zero-order valence-electron chi connectivity index (χ0n) is 12.8. The average molecular weight is 297 g/mol. The van der Waals surface area contributed by atoms with Crippen LogP contribution in [-0.4, -0.2) is 25.3 Å². The molecule has 2 aromatic carbocycles. The van der Waals surface area contributed by atoms with Gasteiger partial charge in [-0.15, -0.1) is 0 Å². The Hall–Kier alpha value is -2.62. The lowest BCUT2D eigenvalue weighted by Gasteiger charge is -2.12. The Morgan fingerprint density at radius 3 is 2.64 bits per heavy atom. The third kappa shape index (κ3) is 3.17. The van der Waals surface area contributed by atoms with Crippen LogP contribution in [0.3, 0.4) is 0 Å². The molecule has 0 bridgehead atoms. The maximum atomic E-state index is 5.72. The van der Waals surface area contributed by atoms with Gasteiger partial charge in [-0.3, -0.25) is 0 Å². The highest BCUT2D eigenvalue weighted by Crippen LogP contribution is 2.27. The molecular formula is C18H19NO3. The van der Waals surface area contributed by atoms with Gasteiger partial charge in [0.25, 0.3) is 0 Å². The summed E-state index contributed by atoms with van der Waals surface area (Å²) < 4.78 is 16.8. The Balaban J connectivity index is 1.55. The number of benzene rings is 2. The maximum Gasteiger partial charge on any atom is 0.161 e. The number of H-pyrrole nitrogens is 1. The number of fused-ring (bicyclic) bond motifs is 1. The van der Waals surface area contributed by atoms with Crippen molar-refractivity contribution < 1.29 is 14.2 Å². The lowest BCUT2D eigenvalue weighted by molar-refractivity contribution is 0.211. The van der Waals surface area contributed by atoms with Crippen LogP contribution < -0.4 is 14.2 Å². The van der Waals surface area contributed by atoms with E-state index in [9.17, 15) is 0 Å². The summed E-state index contributed by atoms with van der Waals surface area (Å²) in [5, 5.41) is 1.14. The van der Waals surface area contributed by atoms with Gasteiger partial charge in [0.2, 0.25) is 0 Å². The Morgan fingerprint density at radius 2 is 1.77 bits per heavy atom. The van der Waals surface area contributed by atoms with Crippen molar-refractivity contribution in [2.24, 2.45) is 0 Å². The summed E-state index contributed by atoms with van der Waals surface area (Å²) in [4.78, 5) is 3.16. The minimum atomic E-state index is 0.463. The highest BCUT2D eigenvalue weighted by atomic mass is 16.5. The summed E-state index contributed by atoms with van der Waals surface area (Å²) in [5.74, 6) is 2.32. The number of hydrogen-bond donors (Lipinski definition) is 1. The molecule has 0 aliphatic rings. The van der Waals surface area contributed by atoms with Crippen molar-refractivity contribution in [2.75, 3.05) is 20.3 Å². The predicted octanol–water partition coefficient (Wildman–Crippen LogP) is 3.94. The van der Waals surface area contributed by atoms with E-state index in [0.717, 1.165) is 33.7 Å². The second-order valence-corrected chi connectivity index (χ2v) is 5.08. The normalized spacial score (nSPS) is 10.6. The van der Waals surface area contributed by atoms with E-state index in [0.29, 0.717) is 13.2 Å². The first-order chi connectivity index (χ1) is 10.8. The fraction of sp³-hybridized carbons (Fsp3) is 0.222. The molecular weight excluding hydrogens is 278 g/mol. The fourth-order valence-corrected chi connectivity index (χ4v) is 2.33. The number of rotatable bonds is 6. The first-order valence-corrected chi connectivity index (χ1v) is 7.23. The van der Waals surface area contributed by atoms with E-state index in [4.69, 9.17) is 14.2 Å². The van der Waals surface area contributed by atoms with Crippen molar-refractivity contribution in [3.8, 4) is 17.2 Å². The molecule has 0 saturated heterocycles. The van der Waals surface area contributed by atoms with Crippen molar-refractivity contribution in [1.82, 2.24) is 4.98 Å². The third-order valence-corrected chi connectivity index (χ3v) is 3.45. The van der Waals surface area contributed by atoms with Gasteiger partial charge < -0.3 is 19.2 Å². The molecule has 22 heavy (non-hydrogen) atoms. The second kappa shape index (κ2) is 6.43.